The fraction of sp³-hybridized carbons (Fsp3) is 0.462. The Morgan fingerprint density at radius 2 is 2.14 bits per heavy atom. The highest BCUT2D eigenvalue weighted by molar-refractivity contribution is 7.93. The molecule has 1 fully saturated rings. The van der Waals surface area contributed by atoms with E-state index in [2.05, 4.69) is 4.72 Å². The Bertz CT molecular complexity index is 633. The summed E-state index contributed by atoms with van der Waals surface area (Å²) in [6, 6.07) is 4.80. The maximum atomic E-state index is 12.0. The van der Waals surface area contributed by atoms with Crippen LogP contribution in [0.4, 0.5) is 11.4 Å². The lowest BCUT2D eigenvalue weighted by molar-refractivity contribution is -0.119. The van der Waals surface area contributed by atoms with Crippen molar-refractivity contribution in [3.8, 4) is 5.75 Å². The summed E-state index contributed by atoms with van der Waals surface area (Å²) in [5.41, 5.74) is 0.997. The smallest absolute Gasteiger partial charge is 0.246 e. The maximum Gasteiger partial charge on any atom is 0.246 e. The number of halogens is 1. The number of anilines is 2. The molecular formula is C13H17ClN2O4S. The van der Waals surface area contributed by atoms with E-state index in [-0.39, 0.29) is 5.91 Å². The van der Waals surface area contributed by atoms with E-state index in [1.807, 2.05) is 0 Å². The highest BCUT2D eigenvalue weighted by Crippen LogP contribution is 2.33. The molecule has 0 unspecified atom stereocenters. The summed E-state index contributed by atoms with van der Waals surface area (Å²) in [6.45, 7) is 0.641. The number of alkyl halides is 1. The van der Waals surface area contributed by atoms with Crippen LogP contribution < -0.4 is 14.4 Å². The third-order valence-corrected chi connectivity index (χ3v) is 4.91. The minimum Gasteiger partial charge on any atom is -0.494 e. The highest BCUT2D eigenvalue weighted by atomic mass is 35.5. The van der Waals surface area contributed by atoms with E-state index < -0.39 is 15.2 Å². The van der Waals surface area contributed by atoms with Crippen molar-refractivity contribution in [3.63, 3.8) is 0 Å². The van der Waals surface area contributed by atoms with Gasteiger partial charge in [0.05, 0.1) is 18.5 Å². The number of nitrogens with one attached hydrogen (secondary N) is 1. The van der Waals surface area contributed by atoms with E-state index in [1.165, 1.54) is 7.11 Å². The molecule has 1 heterocycles. The summed E-state index contributed by atoms with van der Waals surface area (Å²) in [4.78, 5) is 13.6. The number of rotatable bonds is 5. The number of ether oxygens (including phenoxy) is 1. The minimum absolute atomic E-state index is 0.0497. The Balaban J connectivity index is 2.30. The van der Waals surface area contributed by atoms with Crippen LogP contribution in [0.15, 0.2) is 18.2 Å². The van der Waals surface area contributed by atoms with Crippen LogP contribution in [0.1, 0.15) is 19.3 Å². The summed E-state index contributed by atoms with van der Waals surface area (Å²) in [5.74, 6) is 0.494. The number of amides is 1. The van der Waals surface area contributed by atoms with Crippen molar-refractivity contribution in [2.24, 2.45) is 0 Å². The molecule has 0 aliphatic carbocycles. The molecule has 21 heavy (non-hydrogen) atoms. The summed E-state index contributed by atoms with van der Waals surface area (Å²) in [6.07, 6.45) is 2.35. The van der Waals surface area contributed by atoms with Crippen LogP contribution in [0.25, 0.3) is 0 Å². The fourth-order valence-corrected chi connectivity index (χ4v) is 2.94. The first kappa shape index (κ1) is 15.9. The number of carbonyl (C=O) groups is 1. The number of sulfonamides is 1. The molecule has 0 spiro atoms. The molecule has 1 amide bonds. The van der Waals surface area contributed by atoms with E-state index in [1.54, 1.807) is 23.1 Å². The summed E-state index contributed by atoms with van der Waals surface area (Å²) in [7, 11) is -2.09. The molecule has 0 radical (unpaired) electrons. The van der Waals surface area contributed by atoms with Crippen molar-refractivity contribution in [1.82, 2.24) is 0 Å². The van der Waals surface area contributed by atoms with Gasteiger partial charge >= 0.3 is 0 Å². The zero-order valence-electron chi connectivity index (χ0n) is 11.6. The number of piperidine rings is 1. The van der Waals surface area contributed by atoms with Crippen LogP contribution in [0.3, 0.4) is 0 Å². The van der Waals surface area contributed by atoms with Crippen LogP contribution in [0.5, 0.6) is 5.75 Å². The average Bonchev–Trinajstić information content (AvgIpc) is 2.47. The van der Waals surface area contributed by atoms with Gasteiger partial charge in [0, 0.05) is 19.0 Å². The van der Waals surface area contributed by atoms with Crippen molar-refractivity contribution in [3.05, 3.63) is 18.2 Å². The van der Waals surface area contributed by atoms with Crippen LogP contribution in [-0.2, 0) is 14.8 Å². The van der Waals surface area contributed by atoms with Crippen LogP contribution in [0, 0.1) is 0 Å². The molecule has 8 heteroatoms. The van der Waals surface area contributed by atoms with Gasteiger partial charge in [-0.3, -0.25) is 9.52 Å². The molecule has 6 nitrogen and oxygen atoms in total. The lowest BCUT2D eigenvalue weighted by Gasteiger charge is -2.28. The average molecular weight is 333 g/mol. The largest absolute Gasteiger partial charge is 0.494 e. The number of hydrogen-bond donors (Lipinski definition) is 1. The van der Waals surface area contributed by atoms with E-state index in [9.17, 15) is 13.2 Å². The van der Waals surface area contributed by atoms with E-state index in [0.717, 1.165) is 12.8 Å². The molecule has 1 N–H and O–H groups in total. The summed E-state index contributed by atoms with van der Waals surface area (Å²) in [5, 5.41) is -0.526. The van der Waals surface area contributed by atoms with E-state index >= 15 is 0 Å². The molecule has 1 aliphatic heterocycles. The summed E-state index contributed by atoms with van der Waals surface area (Å²) >= 11 is 5.35. The van der Waals surface area contributed by atoms with E-state index in [0.29, 0.717) is 30.1 Å². The van der Waals surface area contributed by atoms with Gasteiger partial charge in [-0.05, 0) is 25.0 Å². The van der Waals surface area contributed by atoms with Crippen LogP contribution in [0.2, 0.25) is 0 Å². The first-order valence-corrected chi connectivity index (χ1v) is 8.70. The molecule has 1 aliphatic rings. The van der Waals surface area contributed by atoms with Crippen LogP contribution >= 0.6 is 11.6 Å². The summed E-state index contributed by atoms with van der Waals surface area (Å²) < 4.78 is 30.5. The number of hydrogen-bond acceptors (Lipinski definition) is 4. The Hall–Kier alpha value is -1.47. The predicted molar refractivity (Wildman–Crippen MR) is 82.5 cm³/mol. The zero-order valence-corrected chi connectivity index (χ0v) is 13.2. The van der Waals surface area contributed by atoms with Gasteiger partial charge in [-0.1, -0.05) is 0 Å². The Kier molecular flexibility index (Phi) is 4.95. The SMILES string of the molecule is COc1cc(NS(=O)(=O)CCl)ccc1N1CCCCC1=O. The van der Waals surface area contributed by atoms with Gasteiger partial charge in [-0.2, -0.15) is 0 Å². The zero-order chi connectivity index (χ0) is 15.5. The predicted octanol–water partition coefficient (Wildman–Crippen LogP) is 2.15. The molecule has 0 bridgehead atoms. The molecule has 0 atom stereocenters. The molecule has 2 rings (SSSR count). The maximum absolute atomic E-state index is 12.0. The first-order valence-electron chi connectivity index (χ1n) is 6.51. The molecule has 1 aromatic rings. The van der Waals surface area contributed by atoms with Gasteiger partial charge in [0.15, 0.2) is 0 Å². The second-order valence-corrected chi connectivity index (χ2v) is 7.02. The highest BCUT2D eigenvalue weighted by Gasteiger charge is 2.23. The van der Waals surface area contributed by atoms with Crippen molar-refractivity contribution < 1.29 is 17.9 Å². The third kappa shape index (κ3) is 3.79. The van der Waals surface area contributed by atoms with Gasteiger partial charge in [0.25, 0.3) is 0 Å². The van der Waals surface area contributed by atoms with Crippen molar-refractivity contribution in [2.45, 2.75) is 19.3 Å². The van der Waals surface area contributed by atoms with E-state index in [4.69, 9.17) is 16.3 Å². The Labute approximate surface area is 129 Å². The standard InChI is InChI=1S/C13H17ClN2O4S/c1-20-12-8-10(15-21(18,19)9-14)5-6-11(12)16-7-3-2-4-13(16)17/h5-6,8,15H,2-4,7,9H2,1H3. The van der Waals surface area contributed by atoms with Crippen molar-refractivity contribution >= 4 is 38.9 Å². The van der Waals surface area contributed by atoms with Crippen molar-refractivity contribution in [2.75, 3.05) is 28.5 Å². The van der Waals surface area contributed by atoms with Gasteiger partial charge in [0.2, 0.25) is 15.9 Å². The lowest BCUT2D eigenvalue weighted by atomic mass is 10.1. The monoisotopic (exact) mass is 332 g/mol. The molecule has 0 aromatic heterocycles. The molecule has 116 valence electrons. The Morgan fingerprint density at radius 1 is 1.38 bits per heavy atom. The van der Waals surface area contributed by atoms with Crippen molar-refractivity contribution in [1.29, 1.82) is 0 Å². The second-order valence-electron chi connectivity index (χ2n) is 4.72. The van der Waals surface area contributed by atoms with Gasteiger partial charge in [0.1, 0.15) is 11.0 Å². The Morgan fingerprint density at radius 3 is 2.76 bits per heavy atom. The number of nitrogens with zero attached hydrogens (tertiary/aromatic N) is 1. The molecule has 1 saturated heterocycles. The first-order chi connectivity index (χ1) is 9.96. The lowest BCUT2D eigenvalue weighted by Crippen LogP contribution is -2.35. The number of methoxy groups -OCH3 is 1. The molecule has 1 aromatic carbocycles. The number of benzene rings is 1. The third-order valence-electron chi connectivity index (χ3n) is 3.21. The molecular weight excluding hydrogens is 316 g/mol. The quantitative estimate of drug-likeness (QED) is 0.838. The topological polar surface area (TPSA) is 75.7 Å². The molecule has 0 saturated carbocycles. The number of carbonyl (C=O) groups excluding carboxylic acids is 1. The normalized spacial score (nSPS) is 15.9. The fourth-order valence-electron chi connectivity index (χ4n) is 2.23. The van der Waals surface area contributed by atoms with Gasteiger partial charge < -0.3 is 9.64 Å². The second kappa shape index (κ2) is 6.53. The van der Waals surface area contributed by atoms with Gasteiger partial charge in [-0.25, -0.2) is 8.42 Å². The minimum atomic E-state index is -3.57. The van der Waals surface area contributed by atoms with Crippen LogP contribution in [-0.4, -0.2) is 33.2 Å². The van der Waals surface area contributed by atoms with Gasteiger partial charge in [-0.15, -0.1) is 11.6 Å².